The molecular weight excluding hydrogens is 333 g/mol. The molecule has 0 unspecified atom stereocenters. The van der Waals surface area contributed by atoms with E-state index in [-0.39, 0.29) is 11.4 Å². The van der Waals surface area contributed by atoms with Crippen LogP contribution in [-0.2, 0) is 23.1 Å². The van der Waals surface area contributed by atoms with Crippen molar-refractivity contribution in [2.75, 3.05) is 0 Å². The summed E-state index contributed by atoms with van der Waals surface area (Å²) < 4.78 is 28.7. The van der Waals surface area contributed by atoms with Crippen molar-refractivity contribution in [1.29, 1.82) is 0 Å². The van der Waals surface area contributed by atoms with Crippen molar-refractivity contribution in [2.45, 2.75) is 31.8 Å². The Bertz CT molecular complexity index is 757. The van der Waals surface area contributed by atoms with Crippen LogP contribution < -0.4 is 4.72 Å². The molecular formula is C13H15Cl2N3O2S. The second kappa shape index (κ2) is 6.36. The number of halogens is 2. The van der Waals surface area contributed by atoms with Gasteiger partial charge in [0, 0.05) is 13.1 Å². The Hall–Kier alpha value is -1.08. The molecule has 5 nitrogen and oxygen atoms in total. The second-order valence-electron chi connectivity index (χ2n) is 4.48. The van der Waals surface area contributed by atoms with Gasteiger partial charge in [-0.05, 0) is 31.5 Å². The highest BCUT2D eigenvalue weighted by Crippen LogP contribution is 2.23. The zero-order valence-corrected chi connectivity index (χ0v) is 13.9. The van der Waals surface area contributed by atoms with Crippen molar-refractivity contribution < 1.29 is 8.42 Å². The van der Waals surface area contributed by atoms with Gasteiger partial charge in [-0.25, -0.2) is 13.1 Å². The topological polar surface area (TPSA) is 64.0 Å². The molecule has 0 aliphatic heterocycles. The third kappa shape index (κ3) is 3.58. The van der Waals surface area contributed by atoms with Crippen molar-refractivity contribution in [3.8, 4) is 0 Å². The number of aromatic nitrogens is 2. The predicted octanol–water partition coefficient (Wildman–Crippen LogP) is 3.00. The first-order valence-electron chi connectivity index (χ1n) is 6.31. The molecule has 1 heterocycles. The summed E-state index contributed by atoms with van der Waals surface area (Å²) in [6.07, 6.45) is 1.36. The quantitative estimate of drug-likeness (QED) is 0.903. The number of aryl methyl sites for hydroxylation is 1. The van der Waals surface area contributed by atoms with Crippen LogP contribution in [0.5, 0.6) is 0 Å². The first-order valence-corrected chi connectivity index (χ1v) is 8.55. The van der Waals surface area contributed by atoms with Crippen LogP contribution in [0.15, 0.2) is 29.3 Å². The molecule has 1 aromatic carbocycles. The van der Waals surface area contributed by atoms with Crippen LogP contribution in [0.3, 0.4) is 0 Å². The number of sulfonamides is 1. The minimum absolute atomic E-state index is 0.135. The number of rotatable bonds is 5. The standard InChI is InChI=1S/C13H15Cl2N3O2S/c1-3-18-9(2)13(8-16-18)21(19,20)17-7-10-4-5-11(14)12(15)6-10/h4-6,8,17H,3,7H2,1-2H3. The summed E-state index contributed by atoms with van der Waals surface area (Å²) >= 11 is 11.7. The van der Waals surface area contributed by atoms with E-state index >= 15 is 0 Å². The molecule has 114 valence electrons. The summed E-state index contributed by atoms with van der Waals surface area (Å²) in [4.78, 5) is 0.185. The van der Waals surface area contributed by atoms with Crippen LogP contribution in [0.25, 0.3) is 0 Å². The van der Waals surface area contributed by atoms with Crippen LogP contribution >= 0.6 is 23.2 Å². The largest absolute Gasteiger partial charge is 0.269 e. The minimum atomic E-state index is -3.61. The van der Waals surface area contributed by atoms with Crippen molar-refractivity contribution in [1.82, 2.24) is 14.5 Å². The van der Waals surface area contributed by atoms with Crippen LogP contribution in [-0.4, -0.2) is 18.2 Å². The number of hydrogen-bond donors (Lipinski definition) is 1. The lowest BCUT2D eigenvalue weighted by Gasteiger charge is -2.07. The van der Waals surface area contributed by atoms with Gasteiger partial charge in [-0.15, -0.1) is 0 Å². The molecule has 0 bridgehead atoms. The first kappa shape index (κ1) is 16.3. The molecule has 2 rings (SSSR count). The normalized spacial score (nSPS) is 11.8. The molecule has 0 radical (unpaired) electrons. The lowest BCUT2D eigenvalue weighted by Crippen LogP contribution is -2.23. The molecule has 21 heavy (non-hydrogen) atoms. The number of hydrogen-bond acceptors (Lipinski definition) is 3. The number of nitrogens with one attached hydrogen (secondary N) is 1. The van der Waals surface area contributed by atoms with Crippen LogP contribution in [0.2, 0.25) is 10.0 Å². The van der Waals surface area contributed by atoms with Gasteiger partial charge in [0.15, 0.2) is 0 Å². The highest BCUT2D eigenvalue weighted by molar-refractivity contribution is 7.89. The van der Waals surface area contributed by atoms with Crippen molar-refractivity contribution in [3.63, 3.8) is 0 Å². The SMILES string of the molecule is CCn1ncc(S(=O)(=O)NCc2ccc(Cl)c(Cl)c2)c1C. The second-order valence-corrected chi connectivity index (χ2v) is 7.03. The van der Waals surface area contributed by atoms with Gasteiger partial charge < -0.3 is 0 Å². The summed E-state index contributed by atoms with van der Waals surface area (Å²) in [6, 6.07) is 4.99. The maximum Gasteiger partial charge on any atom is 0.244 e. The molecule has 0 saturated heterocycles. The molecule has 8 heteroatoms. The average Bonchev–Trinajstić information content (AvgIpc) is 2.82. The van der Waals surface area contributed by atoms with E-state index in [1.807, 2.05) is 6.92 Å². The van der Waals surface area contributed by atoms with Gasteiger partial charge in [-0.3, -0.25) is 4.68 Å². The molecule has 1 aromatic heterocycles. The van der Waals surface area contributed by atoms with E-state index in [1.165, 1.54) is 6.20 Å². The fraction of sp³-hybridized carbons (Fsp3) is 0.308. The maximum absolute atomic E-state index is 12.3. The lowest BCUT2D eigenvalue weighted by atomic mass is 10.2. The monoisotopic (exact) mass is 347 g/mol. The van der Waals surface area contributed by atoms with Crippen molar-refractivity contribution >= 4 is 33.2 Å². The van der Waals surface area contributed by atoms with Crippen LogP contribution in [0.1, 0.15) is 18.2 Å². The van der Waals surface area contributed by atoms with E-state index in [4.69, 9.17) is 23.2 Å². The Morgan fingerprint density at radius 2 is 2.00 bits per heavy atom. The van der Waals surface area contributed by atoms with Crippen molar-refractivity contribution in [2.24, 2.45) is 0 Å². The molecule has 0 aliphatic rings. The third-order valence-corrected chi connectivity index (χ3v) is 5.34. The zero-order chi connectivity index (χ0) is 15.6. The van der Waals surface area contributed by atoms with Crippen LogP contribution in [0, 0.1) is 6.92 Å². The fourth-order valence-corrected chi connectivity index (χ4v) is 3.43. The lowest BCUT2D eigenvalue weighted by molar-refractivity contribution is 0.579. The Morgan fingerprint density at radius 1 is 1.29 bits per heavy atom. The maximum atomic E-state index is 12.3. The van der Waals surface area contributed by atoms with Crippen molar-refractivity contribution in [3.05, 3.63) is 45.7 Å². The third-order valence-electron chi connectivity index (χ3n) is 3.10. The summed E-state index contributed by atoms with van der Waals surface area (Å²) in [5.41, 5.74) is 1.34. The van der Waals surface area contributed by atoms with Gasteiger partial charge in [0.2, 0.25) is 10.0 Å². The van der Waals surface area contributed by atoms with E-state index in [0.717, 1.165) is 5.56 Å². The Balaban J connectivity index is 2.17. The highest BCUT2D eigenvalue weighted by Gasteiger charge is 2.20. The predicted molar refractivity (Wildman–Crippen MR) is 83.1 cm³/mol. The number of nitrogens with zero attached hydrogens (tertiary/aromatic N) is 2. The smallest absolute Gasteiger partial charge is 0.244 e. The fourth-order valence-electron chi connectivity index (χ4n) is 1.92. The Labute approximate surface area is 133 Å². The van der Waals surface area contributed by atoms with Gasteiger partial charge in [0.1, 0.15) is 4.90 Å². The summed E-state index contributed by atoms with van der Waals surface area (Å²) in [5, 5.41) is 4.87. The molecule has 0 saturated carbocycles. The summed E-state index contributed by atoms with van der Waals surface area (Å²) in [6.45, 7) is 4.38. The molecule has 1 N–H and O–H groups in total. The van der Waals surface area contributed by atoms with Gasteiger partial charge in [-0.1, -0.05) is 29.3 Å². The first-order chi connectivity index (χ1) is 9.85. The molecule has 0 spiro atoms. The highest BCUT2D eigenvalue weighted by atomic mass is 35.5. The molecule has 2 aromatic rings. The summed E-state index contributed by atoms with van der Waals surface area (Å²) in [7, 11) is -3.61. The molecule has 0 atom stereocenters. The number of benzene rings is 1. The van der Waals surface area contributed by atoms with E-state index in [9.17, 15) is 8.42 Å². The zero-order valence-electron chi connectivity index (χ0n) is 11.6. The van der Waals surface area contributed by atoms with E-state index in [1.54, 1.807) is 29.8 Å². The van der Waals surface area contributed by atoms with E-state index in [2.05, 4.69) is 9.82 Å². The summed E-state index contributed by atoms with van der Waals surface area (Å²) in [5.74, 6) is 0. The van der Waals surface area contributed by atoms with Gasteiger partial charge >= 0.3 is 0 Å². The molecule has 0 amide bonds. The van der Waals surface area contributed by atoms with Gasteiger partial charge in [-0.2, -0.15) is 5.10 Å². The Kier molecular flexibility index (Phi) is 4.93. The van der Waals surface area contributed by atoms with Crippen LogP contribution in [0.4, 0.5) is 0 Å². The molecule has 0 aliphatic carbocycles. The Morgan fingerprint density at radius 3 is 2.57 bits per heavy atom. The molecule has 0 fully saturated rings. The van der Waals surface area contributed by atoms with E-state index < -0.39 is 10.0 Å². The minimum Gasteiger partial charge on any atom is -0.269 e. The van der Waals surface area contributed by atoms with Gasteiger partial charge in [0.05, 0.1) is 21.9 Å². The van der Waals surface area contributed by atoms with E-state index in [0.29, 0.717) is 22.3 Å². The average molecular weight is 348 g/mol. The van der Waals surface area contributed by atoms with Gasteiger partial charge in [0.25, 0.3) is 0 Å².